The Kier molecular flexibility index (Phi) is 11.4. The lowest BCUT2D eigenvalue weighted by atomic mass is 10.2. The summed E-state index contributed by atoms with van der Waals surface area (Å²) in [5, 5.41) is 2.85. The van der Waals surface area contributed by atoms with Gasteiger partial charge in [0, 0.05) is 37.3 Å². The molecule has 3 N–H and O–H groups in total. The van der Waals surface area contributed by atoms with Gasteiger partial charge in [0.1, 0.15) is 11.5 Å². The number of pyridine rings is 1. The van der Waals surface area contributed by atoms with Gasteiger partial charge < -0.3 is 20.5 Å². The highest BCUT2D eigenvalue weighted by atomic mass is 35.5. The molecule has 8 heteroatoms. The van der Waals surface area contributed by atoms with Gasteiger partial charge in [-0.25, -0.2) is 4.98 Å². The van der Waals surface area contributed by atoms with Crippen molar-refractivity contribution in [1.82, 2.24) is 10.3 Å². The average molecular weight is 402 g/mol. The molecule has 2 aromatic rings. The van der Waals surface area contributed by atoms with Crippen molar-refractivity contribution < 1.29 is 14.3 Å². The first-order valence-electron chi connectivity index (χ1n) is 7.86. The van der Waals surface area contributed by atoms with Crippen LogP contribution < -0.4 is 20.5 Å². The number of nitrogens with one attached hydrogen (secondary N) is 1. The Morgan fingerprint density at radius 3 is 2.58 bits per heavy atom. The van der Waals surface area contributed by atoms with E-state index in [9.17, 15) is 4.79 Å². The van der Waals surface area contributed by atoms with Crippen LogP contribution in [0.2, 0.25) is 0 Å². The molecule has 6 nitrogen and oxygen atoms in total. The van der Waals surface area contributed by atoms with Crippen molar-refractivity contribution in [3.63, 3.8) is 0 Å². The largest absolute Gasteiger partial charge is 0.497 e. The van der Waals surface area contributed by atoms with Crippen LogP contribution in [0.1, 0.15) is 25.3 Å². The van der Waals surface area contributed by atoms with Crippen molar-refractivity contribution in [1.29, 1.82) is 0 Å². The van der Waals surface area contributed by atoms with Gasteiger partial charge in [0.05, 0.1) is 7.11 Å². The van der Waals surface area contributed by atoms with Crippen molar-refractivity contribution >= 4 is 30.7 Å². The first kappa shape index (κ1) is 24.0. The number of rotatable bonds is 8. The Bertz CT molecular complexity index is 667. The number of aromatic nitrogens is 1. The molecular formula is C18H25Cl2N3O3. The summed E-state index contributed by atoms with van der Waals surface area (Å²) >= 11 is 0. The maximum absolute atomic E-state index is 11.7. The monoisotopic (exact) mass is 401 g/mol. The Morgan fingerprint density at radius 2 is 1.96 bits per heavy atom. The van der Waals surface area contributed by atoms with Crippen molar-refractivity contribution in [3.8, 4) is 17.4 Å². The molecule has 0 aliphatic carbocycles. The molecule has 1 aromatic heterocycles. The molecule has 1 atom stereocenters. The molecule has 0 radical (unpaired) electrons. The average Bonchev–Trinajstić information content (AvgIpc) is 2.59. The number of nitrogens with zero attached hydrogens (tertiary/aromatic N) is 1. The Balaban J connectivity index is 0.00000312. The van der Waals surface area contributed by atoms with E-state index in [0.29, 0.717) is 31.0 Å². The van der Waals surface area contributed by atoms with Crippen molar-refractivity contribution in [2.75, 3.05) is 7.11 Å². The van der Waals surface area contributed by atoms with Crippen LogP contribution in [0.5, 0.6) is 17.4 Å². The molecule has 1 heterocycles. The fourth-order valence-electron chi connectivity index (χ4n) is 2.01. The zero-order valence-electron chi connectivity index (χ0n) is 14.8. The summed E-state index contributed by atoms with van der Waals surface area (Å²) in [6.07, 6.45) is 2.79. The molecule has 0 aliphatic rings. The summed E-state index contributed by atoms with van der Waals surface area (Å²) in [5.41, 5.74) is 6.54. The van der Waals surface area contributed by atoms with Crippen molar-refractivity contribution in [3.05, 3.63) is 48.2 Å². The van der Waals surface area contributed by atoms with Crippen molar-refractivity contribution in [2.45, 2.75) is 32.4 Å². The number of hydrogen-bond acceptors (Lipinski definition) is 5. The topological polar surface area (TPSA) is 86.5 Å². The zero-order valence-corrected chi connectivity index (χ0v) is 16.4. The lowest BCUT2D eigenvalue weighted by Gasteiger charge is -2.08. The van der Waals surface area contributed by atoms with Gasteiger partial charge in [-0.05, 0) is 31.0 Å². The van der Waals surface area contributed by atoms with E-state index in [2.05, 4.69) is 10.3 Å². The predicted octanol–water partition coefficient (Wildman–Crippen LogP) is 3.47. The molecule has 26 heavy (non-hydrogen) atoms. The third-order valence-electron chi connectivity index (χ3n) is 3.38. The minimum Gasteiger partial charge on any atom is -0.497 e. The molecule has 1 amide bonds. The van der Waals surface area contributed by atoms with Gasteiger partial charge in [-0.1, -0.05) is 12.1 Å². The SMILES string of the molecule is COc1cccc(Oc2ccc(CNC(=O)CCC(C)N)cn2)c1.Cl.Cl. The van der Waals surface area contributed by atoms with Crippen LogP contribution in [-0.2, 0) is 11.3 Å². The van der Waals surface area contributed by atoms with Gasteiger partial charge in [-0.15, -0.1) is 24.8 Å². The molecule has 0 fully saturated rings. The molecule has 0 spiro atoms. The second-order valence-corrected chi connectivity index (χ2v) is 5.58. The molecule has 1 aromatic carbocycles. The normalized spacial score (nSPS) is 10.7. The van der Waals surface area contributed by atoms with Crippen LogP contribution in [0, 0.1) is 0 Å². The maximum Gasteiger partial charge on any atom is 0.220 e. The lowest BCUT2D eigenvalue weighted by molar-refractivity contribution is -0.121. The number of ether oxygens (including phenoxy) is 2. The van der Waals surface area contributed by atoms with Crippen LogP contribution in [-0.4, -0.2) is 24.0 Å². The summed E-state index contributed by atoms with van der Waals surface area (Å²) in [6, 6.07) is 11.0. The van der Waals surface area contributed by atoms with E-state index < -0.39 is 0 Å². The van der Waals surface area contributed by atoms with Crippen LogP contribution in [0.4, 0.5) is 0 Å². The van der Waals surface area contributed by atoms with E-state index in [0.717, 1.165) is 11.3 Å². The number of amides is 1. The lowest BCUT2D eigenvalue weighted by Crippen LogP contribution is -2.25. The number of methoxy groups -OCH3 is 1. The molecule has 0 bridgehead atoms. The molecular weight excluding hydrogens is 377 g/mol. The maximum atomic E-state index is 11.7. The summed E-state index contributed by atoms with van der Waals surface area (Å²) in [5.74, 6) is 1.84. The first-order chi connectivity index (χ1) is 11.6. The Hall–Kier alpha value is -2.02. The van der Waals surface area contributed by atoms with Gasteiger partial charge in [-0.3, -0.25) is 4.79 Å². The molecule has 2 rings (SSSR count). The number of carbonyl (C=O) groups excluding carboxylic acids is 1. The van der Waals surface area contributed by atoms with Gasteiger partial charge in [-0.2, -0.15) is 0 Å². The molecule has 0 saturated heterocycles. The van der Waals surface area contributed by atoms with Crippen molar-refractivity contribution in [2.24, 2.45) is 5.73 Å². The number of benzene rings is 1. The van der Waals surface area contributed by atoms with Crippen LogP contribution >= 0.6 is 24.8 Å². The summed E-state index contributed by atoms with van der Waals surface area (Å²) in [4.78, 5) is 15.9. The minimum absolute atomic E-state index is 0. The highest BCUT2D eigenvalue weighted by Gasteiger charge is 2.05. The first-order valence-corrected chi connectivity index (χ1v) is 7.86. The predicted molar refractivity (Wildman–Crippen MR) is 107 cm³/mol. The minimum atomic E-state index is -0.0102. The Labute approximate surface area is 166 Å². The third-order valence-corrected chi connectivity index (χ3v) is 3.38. The molecule has 0 aliphatic heterocycles. The van der Waals surface area contributed by atoms with Crippen LogP contribution in [0.3, 0.4) is 0 Å². The molecule has 0 saturated carbocycles. The fraction of sp³-hybridized carbons (Fsp3) is 0.333. The van der Waals surface area contributed by atoms with Crippen LogP contribution in [0.15, 0.2) is 42.6 Å². The highest BCUT2D eigenvalue weighted by Crippen LogP contribution is 2.23. The van der Waals surface area contributed by atoms with E-state index in [4.69, 9.17) is 15.2 Å². The third kappa shape index (κ3) is 8.38. The quantitative estimate of drug-likeness (QED) is 0.706. The summed E-state index contributed by atoms with van der Waals surface area (Å²) in [6.45, 7) is 2.32. The van der Waals surface area contributed by atoms with Crippen LogP contribution in [0.25, 0.3) is 0 Å². The van der Waals surface area contributed by atoms with Gasteiger partial charge in [0.2, 0.25) is 11.8 Å². The van der Waals surface area contributed by atoms with E-state index >= 15 is 0 Å². The summed E-state index contributed by atoms with van der Waals surface area (Å²) in [7, 11) is 1.61. The number of nitrogens with two attached hydrogens (primary N) is 1. The number of halogens is 2. The number of hydrogen-bond donors (Lipinski definition) is 2. The van der Waals surface area contributed by atoms with E-state index in [1.54, 1.807) is 25.4 Å². The van der Waals surface area contributed by atoms with E-state index in [-0.39, 0.29) is 36.8 Å². The summed E-state index contributed by atoms with van der Waals surface area (Å²) < 4.78 is 10.8. The molecule has 1 unspecified atom stereocenters. The van der Waals surface area contributed by atoms with Gasteiger partial charge >= 0.3 is 0 Å². The fourth-order valence-corrected chi connectivity index (χ4v) is 2.01. The highest BCUT2D eigenvalue weighted by molar-refractivity contribution is 5.85. The second-order valence-electron chi connectivity index (χ2n) is 5.58. The van der Waals surface area contributed by atoms with E-state index in [1.165, 1.54) is 0 Å². The molecule has 144 valence electrons. The van der Waals surface area contributed by atoms with Gasteiger partial charge in [0.25, 0.3) is 0 Å². The second kappa shape index (κ2) is 12.4. The Morgan fingerprint density at radius 1 is 1.23 bits per heavy atom. The smallest absolute Gasteiger partial charge is 0.220 e. The van der Waals surface area contributed by atoms with Gasteiger partial charge in [0.15, 0.2) is 0 Å². The van der Waals surface area contributed by atoms with E-state index in [1.807, 2.05) is 31.2 Å². The standard InChI is InChI=1S/C18H23N3O3.2ClH/c1-13(19)6-8-17(22)20-11-14-7-9-18(21-12-14)24-16-5-3-4-15(10-16)23-2;;/h3-5,7,9-10,12-13H,6,8,11,19H2,1-2H3,(H,20,22);2*1H. The number of carbonyl (C=O) groups is 1. The zero-order chi connectivity index (χ0) is 17.4.